The van der Waals surface area contributed by atoms with E-state index in [1.165, 1.54) is 10.9 Å². The number of carbonyl (C=O) groups excluding carboxylic acids is 1. The quantitative estimate of drug-likeness (QED) is 0.383. The largest absolute Gasteiger partial charge is 0.385 e. The Morgan fingerprint density at radius 1 is 1.18 bits per heavy atom. The molecule has 0 fully saturated rings. The number of benzene rings is 2. The van der Waals surface area contributed by atoms with Crippen LogP contribution in [-0.4, -0.2) is 26.3 Å². The summed E-state index contributed by atoms with van der Waals surface area (Å²) in [6, 6.07) is 11.4. The van der Waals surface area contributed by atoms with Gasteiger partial charge in [-0.2, -0.15) is 0 Å². The molecule has 0 aliphatic carbocycles. The molecule has 3 aromatic rings. The molecule has 2 aromatic carbocycles. The zero-order valence-corrected chi connectivity index (χ0v) is 20.1. The van der Waals surface area contributed by atoms with E-state index in [1.807, 2.05) is 12.1 Å². The van der Waals surface area contributed by atoms with E-state index in [2.05, 4.69) is 40.4 Å². The minimum atomic E-state index is -1.84. The standard InChI is InChI=1S/C22H22ClN5O3S2/c1-4-11-24-17-7-10-19-20(12-17)25-13-28(21(19)29)18-8-5-16(6-9-18)26-22(30)27-33(31)15(3)32-14(2)23/h5-10,12-13,24H,2-4,11H2,1H3,(H2,26,27,30). The summed E-state index contributed by atoms with van der Waals surface area (Å²) in [5.41, 5.74) is 2.35. The summed E-state index contributed by atoms with van der Waals surface area (Å²) in [5, 5.41) is 6.35. The number of amides is 2. The van der Waals surface area contributed by atoms with E-state index in [-0.39, 0.29) is 14.2 Å². The molecule has 0 spiro atoms. The Morgan fingerprint density at radius 2 is 1.88 bits per heavy atom. The average molecular weight is 504 g/mol. The van der Waals surface area contributed by atoms with Crippen LogP contribution >= 0.6 is 23.4 Å². The summed E-state index contributed by atoms with van der Waals surface area (Å²) in [6.07, 6.45) is 2.47. The van der Waals surface area contributed by atoms with Crippen LogP contribution in [0.25, 0.3) is 16.6 Å². The van der Waals surface area contributed by atoms with Gasteiger partial charge in [0.2, 0.25) is 0 Å². The second-order valence-corrected chi connectivity index (χ2v) is 10.1. The Kier molecular flexibility index (Phi) is 8.32. The molecule has 172 valence electrons. The monoisotopic (exact) mass is 503 g/mol. The first-order valence-electron chi connectivity index (χ1n) is 9.84. The number of carbonyl (C=O) groups is 1. The Labute approximate surface area is 202 Å². The molecular weight excluding hydrogens is 482 g/mol. The topological polar surface area (TPSA) is 105 Å². The molecule has 33 heavy (non-hydrogen) atoms. The van der Waals surface area contributed by atoms with Crippen LogP contribution in [0.2, 0.25) is 0 Å². The van der Waals surface area contributed by atoms with Gasteiger partial charge in [-0.1, -0.05) is 43.4 Å². The van der Waals surface area contributed by atoms with Gasteiger partial charge in [0.05, 0.1) is 25.2 Å². The number of thioether (sulfide) groups is 1. The lowest BCUT2D eigenvalue weighted by molar-refractivity contribution is 0.257. The molecule has 0 saturated carbocycles. The van der Waals surface area contributed by atoms with E-state index in [4.69, 9.17) is 11.6 Å². The lowest BCUT2D eigenvalue weighted by Gasteiger charge is -2.11. The van der Waals surface area contributed by atoms with Gasteiger partial charge in [0.1, 0.15) is 6.33 Å². The first-order valence-corrected chi connectivity index (χ1v) is 12.2. The average Bonchev–Trinajstić information content (AvgIpc) is 2.78. The SMILES string of the molecule is C=C(Cl)SC(=C)S(=O)NC(=O)Nc1ccc(-n2cnc3cc(NCCC)ccc3c2=O)cc1. The van der Waals surface area contributed by atoms with Crippen LogP contribution < -0.4 is 20.9 Å². The Balaban J connectivity index is 1.71. The summed E-state index contributed by atoms with van der Waals surface area (Å²) in [4.78, 5) is 29.4. The first kappa shape index (κ1) is 24.6. The number of aromatic nitrogens is 2. The number of nitrogens with one attached hydrogen (secondary N) is 3. The van der Waals surface area contributed by atoms with Crippen molar-refractivity contribution in [3.05, 3.63) is 80.9 Å². The highest BCUT2D eigenvalue weighted by Gasteiger charge is 2.12. The number of halogens is 1. The van der Waals surface area contributed by atoms with Crippen molar-refractivity contribution in [1.29, 1.82) is 0 Å². The molecule has 1 atom stereocenters. The summed E-state index contributed by atoms with van der Waals surface area (Å²) in [6.45, 7) is 9.97. The number of hydrogen-bond donors (Lipinski definition) is 3. The van der Waals surface area contributed by atoms with Gasteiger partial charge in [-0.25, -0.2) is 14.0 Å². The fourth-order valence-corrected chi connectivity index (χ4v) is 4.58. The molecule has 0 aliphatic rings. The van der Waals surface area contributed by atoms with Crippen molar-refractivity contribution in [2.24, 2.45) is 0 Å². The lowest BCUT2D eigenvalue weighted by Crippen LogP contribution is -2.30. The van der Waals surface area contributed by atoms with Crippen molar-refractivity contribution >= 4 is 62.7 Å². The van der Waals surface area contributed by atoms with Gasteiger partial charge in [-0.05, 0) is 48.9 Å². The molecule has 11 heteroatoms. The molecule has 1 heterocycles. The van der Waals surface area contributed by atoms with Crippen LogP contribution in [0.1, 0.15) is 13.3 Å². The van der Waals surface area contributed by atoms with Crippen LogP contribution in [0.5, 0.6) is 0 Å². The van der Waals surface area contributed by atoms with Crippen molar-refractivity contribution in [2.75, 3.05) is 17.2 Å². The highest BCUT2D eigenvalue weighted by atomic mass is 35.5. The Hall–Kier alpha value is -3.08. The van der Waals surface area contributed by atoms with Crippen LogP contribution in [0, 0.1) is 0 Å². The second kappa shape index (κ2) is 11.2. The zero-order valence-electron chi connectivity index (χ0n) is 17.8. The molecular formula is C22H22ClN5O3S2. The van der Waals surface area contributed by atoms with Crippen molar-refractivity contribution in [2.45, 2.75) is 13.3 Å². The normalized spacial score (nSPS) is 11.6. The highest BCUT2D eigenvalue weighted by Crippen LogP contribution is 2.27. The molecule has 3 N–H and O–H groups in total. The maximum absolute atomic E-state index is 12.9. The number of hydrogen-bond acceptors (Lipinski definition) is 6. The maximum atomic E-state index is 12.9. The van der Waals surface area contributed by atoms with E-state index < -0.39 is 17.0 Å². The van der Waals surface area contributed by atoms with Crippen LogP contribution in [0.15, 0.2) is 75.3 Å². The minimum Gasteiger partial charge on any atom is -0.385 e. The molecule has 1 unspecified atom stereocenters. The van der Waals surface area contributed by atoms with Crippen LogP contribution in [0.3, 0.4) is 0 Å². The number of fused-ring (bicyclic) bond motifs is 1. The van der Waals surface area contributed by atoms with E-state index in [1.54, 1.807) is 30.3 Å². The van der Waals surface area contributed by atoms with E-state index in [0.29, 0.717) is 22.3 Å². The van der Waals surface area contributed by atoms with E-state index >= 15 is 0 Å². The zero-order chi connectivity index (χ0) is 24.0. The lowest BCUT2D eigenvalue weighted by atomic mass is 10.2. The Morgan fingerprint density at radius 3 is 2.55 bits per heavy atom. The smallest absolute Gasteiger partial charge is 0.331 e. The minimum absolute atomic E-state index is 0.150. The molecule has 0 radical (unpaired) electrons. The molecule has 3 rings (SSSR count). The molecule has 2 amide bonds. The van der Waals surface area contributed by atoms with Crippen molar-refractivity contribution < 1.29 is 9.00 Å². The molecule has 0 bridgehead atoms. The number of anilines is 2. The third-order valence-electron chi connectivity index (χ3n) is 4.36. The van der Waals surface area contributed by atoms with Crippen molar-refractivity contribution in [3.8, 4) is 5.69 Å². The fourth-order valence-electron chi connectivity index (χ4n) is 2.85. The summed E-state index contributed by atoms with van der Waals surface area (Å²) in [7, 11) is -1.84. The highest BCUT2D eigenvalue weighted by molar-refractivity contribution is 8.19. The fraction of sp³-hybridized carbons (Fsp3) is 0.136. The van der Waals surface area contributed by atoms with Crippen molar-refractivity contribution in [1.82, 2.24) is 14.3 Å². The van der Waals surface area contributed by atoms with Gasteiger partial charge < -0.3 is 10.6 Å². The van der Waals surface area contributed by atoms with Crippen LogP contribution in [-0.2, 0) is 11.0 Å². The number of nitrogens with zero attached hydrogens (tertiary/aromatic N) is 2. The predicted octanol–water partition coefficient (Wildman–Crippen LogP) is 4.91. The first-order chi connectivity index (χ1) is 15.8. The van der Waals surface area contributed by atoms with Crippen molar-refractivity contribution in [3.63, 3.8) is 0 Å². The van der Waals surface area contributed by atoms with Gasteiger partial charge in [0.15, 0.2) is 11.0 Å². The molecule has 1 aromatic heterocycles. The van der Waals surface area contributed by atoms with Gasteiger partial charge in [-0.3, -0.25) is 14.1 Å². The van der Waals surface area contributed by atoms with Gasteiger partial charge in [-0.15, -0.1) is 0 Å². The number of rotatable bonds is 9. The molecule has 8 nitrogen and oxygen atoms in total. The Bertz CT molecular complexity index is 1290. The molecule has 0 aliphatic heterocycles. The number of urea groups is 1. The van der Waals surface area contributed by atoms with Gasteiger partial charge in [0, 0.05) is 17.9 Å². The summed E-state index contributed by atoms with van der Waals surface area (Å²) >= 11 is 6.54. The van der Waals surface area contributed by atoms with Crippen LogP contribution in [0.4, 0.5) is 16.2 Å². The summed E-state index contributed by atoms with van der Waals surface area (Å²) in [5.74, 6) is 0. The predicted molar refractivity (Wildman–Crippen MR) is 138 cm³/mol. The molecule has 0 saturated heterocycles. The maximum Gasteiger partial charge on any atom is 0.331 e. The van der Waals surface area contributed by atoms with E-state index in [0.717, 1.165) is 30.4 Å². The van der Waals surface area contributed by atoms with Gasteiger partial charge in [0.25, 0.3) is 5.56 Å². The van der Waals surface area contributed by atoms with E-state index in [9.17, 15) is 13.8 Å². The van der Waals surface area contributed by atoms with Gasteiger partial charge >= 0.3 is 6.03 Å². The summed E-state index contributed by atoms with van der Waals surface area (Å²) < 4.78 is 16.0. The third kappa shape index (κ3) is 6.47. The third-order valence-corrected chi connectivity index (χ3v) is 6.53. The second-order valence-electron chi connectivity index (χ2n) is 6.78.